The first-order chi connectivity index (χ1) is 14.8. The molecule has 2 aliphatic carbocycles. The monoisotopic (exact) mass is 387 g/mol. The lowest BCUT2D eigenvalue weighted by molar-refractivity contribution is 0.550. The fraction of sp³-hybridized carbons (Fsp3) is 0.172. The van der Waals surface area contributed by atoms with Gasteiger partial charge in [0, 0.05) is 16.8 Å². The molecule has 0 aliphatic heterocycles. The van der Waals surface area contributed by atoms with Crippen LogP contribution >= 0.6 is 0 Å². The summed E-state index contributed by atoms with van der Waals surface area (Å²) in [6, 6.07) is 35.3. The fourth-order valence-electron chi connectivity index (χ4n) is 5.59. The van der Waals surface area contributed by atoms with Gasteiger partial charge in [0.1, 0.15) is 0 Å². The molecular weight excluding hydrogens is 362 g/mol. The lowest BCUT2D eigenvalue weighted by Crippen LogP contribution is -2.20. The Bertz CT molecular complexity index is 1200. The van der Waals surface area contributed by atoms with Gasteiger partial charge in [0.2, 0.25) is 0 Å². The summed E-state index contributed by atoms with van der Waals surface area (Å²) in [6.45, 7) is 0. The largest absolute Gasteiger partial charge is 0.356 e. The Morgan fingerprint density at radius 3 is 1.97 bits per heavy atom. The number of fused-ring (bicyclic) bond motifs is 5. The van der Waals surface area contributed by atoms with Crippen molar-refractivity contribution in [1.29, 1.82) is 0 Å². The number of hydrogen-bond donors (Lipinski definition) is 1. The van der Waals surface area contributed by atoms with E-state index in [9.17, 15) is 0 Å². The summed E-state index contributed by atoms with van der Waals surface area (Å²) in [5.41, 5.74) is 11.0. The van der Waals surface area contributed by atoms with E-state index in [-0.39, 0.29) is 5.41 Å². The van der Waals surface area contributed by atoms with E-state index in [4.69, 9.17) is 0 Å². The van der Waals surface area contributed by atoms with Crippen LogP contribution in [0.3, 0.4) is 0 Å². The molecule has 0 radical (unpaired) electrons. The van der Waals surface area contributed by atoms with Crippen LogP contribution in [0.2, 0.25) is 0 Å². The van der Waals surface area contributed by atoms with E-state index in [1.807, 2.05) is 0 Å². The Balaban J connectivity index is 1.33. The smallest absolute Gasteiger partial charge is 0.0387 e. The first kappa shape index (κ1) is 17.5. The molecule has 4 aromatic rings. The van der Waals surface area contributed by atoms with Crippen molar-refractivity contribution >= 4 is 11.4 Å². The molecule has 146 valence electrons. The standard InChI is InChI=1S/C29H25N/c1-2-8-21(9-3-1)22-12-14-23(15-13-22)30-24-16-17-26-25-10-4-5-11-27(25)29(28(26)20-24)18-6-7-19-29/h1-5,8-17,20,30H,6-7,18-19H2. The van der Waals surface area contributed by atoms with Crippen LogP contribution in [-0.4, -0.2) is 0 Å². The van der Waals surface area contributed by atoms with Gasteiger partial charge < -0.3 is 5.32 Å². The molecule has 0 amide bonds. The van der Waals surface area contributed by atoms with Crippen LogP contribution in [0.15, 0.2) is 97.1 Å². The average molecular weight is 388 g/mol. The molecule has 1 heteroatoms. The van der Waals surface area contributed by atoms with E-state index in [0.717, 1.165) is 5.69 Å². The molecule has 4 aromatic carbocycles. The van der Waals surface area contributed by atoms with Crippen molar-refractivity contribution in [3.63, 3.8) is 0 Å². The third kappa shape index (κ3) is 2.69. The highest BCUT2D eigenvalue weighted by atomic mass is 14.9. The Kier molecular flexibility index (Phi) is 4.02. The van der Waals surface area contributed by atoms with Crippen molar-refractivity contribution in [1.82, 2.24) is 0 Å². The lowest BCUT2D eigenvalue weighted by atomic mass is 9.77. The van der Waals surface area contributed by atoms with Crippen molar-refractivity contribution in [2.75, 3.05) is 5.32 Å². The van der Waals surface area contributed by atoms with Gasteiger partial charge in [0.25, 0.3) is 0 Å². The SMILES string of the molecule is c1ccc(-c2ccc(Nc3ccc4c(c3)C3(CCCC3)c3ccccc3-4)cc2)cc1. The topological polar surface area (TPSA) is 12.0 Å². The van der Waals surface area contributed by atoms with E-state index in [0.29, 0.717) is 0 Å². The summed E-state index contributed by atoms with van der Waals surface area (Å²) < 4.78 is 0. The second-order valence-corrected chi connectivity index (χ2v) is 8.66. The molecular formula is C29H25N. The van der Waals surface area contributed by atoms with Gasteiger partial charge in [0.05, 0.1) is 0 Å². The molecule has 0 bridgehead atoms. The molecule has 1 N–H and O–H groups in total. The zero-order valence-corrected chi connectivity index (χ0v) is 17.1. The molecule has 1 nitrogen and oxygen atoms in total. The minimum atomic E-state index is 0.223. The number of hydrogen-bond acceptors (Lipinski definition) is 1. The summed E-state index contributed by atoms with van der Waals surface area (Å²) in [7, 11) is 0. The van der Waals surface area contributed by atoms with Crippen molar-refractivity contribution in [2.24, 2.45) is 0 Å². The molecule has 6 rings (SSSR count). The Morgan fingerprint density at radius 1 is 0.533 bits per heavy atom. The normalized spacial score (nSPS) is 15.7. The Morgan fingerprint density at radius 2 is 1.17 bits per heavy atom. The highest BCUT2D eigenvalue weighted by molar-refractivity contribution is 5.83. The van der Waals surface area contributed by atoms with Gasteiger partial charge in [-0.3, -0.25) is 0 Å². The Hall–Kier alpha value is -3.32. The third-order valence-electron chi connectivity index (χ3n) is 7.01. The molecule has 0 atom stereocenters. The molecule has 0 unspecified atom stereocenters. The second kappa shape index (κ2) is 6.88. The zero-order valence-electron chi connectivity index (χ0n) is 17.1. The molecule has 1 fully saturated rings. The minimum absolute atomic E-state index is 0.223. The highest BCUT2D eigenvalue weighted by Gasteiger charge is 2.44. The van der Waals surface area contributed by atoms with Crippen molar-refractivity contribution in [3.8, 4) is 22.3 Å². The maximum absolute atomic E-state index is 3.65. The molecule has 0 aromatic heterocycles. The van der Waals surface area contributed by atoms with Crippen LogP contribution in [0, 0.1) is 0 Å². The zero-order chi connectivity index (χ0) is 20.0. The third-order valence-corrected chi connectivity index (χ3v) is 7.01. The molecule has 1 saturated carbocycles. The molecule has 0 heterocycles. The predicted octanol–water partition coefficient (Wildman–Crippen LogP) is 7.94. The van der Waals surface area contributed by atoms with Crippen LogP contribution in [0.5, 0.6) is 0 Å². The van der Waals surface area contributed by atoms with Gasteiger partial charge in [0.15, 0.2) is 0 Å². The van der Waals surface area contributed by atoms with Crippen LogP contribution < -0.4 is 5.32 Å². The maximum atomic E-state index is 3.65. The second-order valence-electron chi connectivity index (χ2n) is 8.66. The van der Waals surface area contributed by atoms with Crippen molar-refractivity contribution in [2.45, 2.75) is 31.1 Å². The van der Waals surface area contributed by atoms with Crippen LogP contribution in [0.1, 0.15) is 36.8 Å². The predicted molar refractivity (Wildman–Crippen MR) is 126 cm³/mol. The summed E-state index contributed by atoms with van der Waals surface area (Å²) >= 11 is 0. The lowest BCUT2D eigenvalue weighted by Gasteiger charge is -2.27. The van der Waals surface area contributed by atoms with Crippen molar-refractivity contribution < 1.29 is 0 Å². The summed E-state index contributed by atoms with van der Waals surface area (Å²) in [6.07, 6.45) is 5.19. The summed E-state index contributed by atoms with van der Waals surface area (Å²) in [5, 5.41) is 3.65. The van der Waals surface area contributed by atoms with Gasteiger partial charge in [-0.05, 0) is 70.5 Å². The Labute approximate surface area is 178 Å². The van der Waals surface area contributed by atoms with Crippen molar-refractivity contribution in [3.05, 3.63) is 108 Å². The van der Waals surface area contributed by atoms with Gasteiger partial charge >= 0.3 is 0 Å². The average Bonchev–Trinajstić information content (AvgIpc) is 3.40. The van der Waals surface area contributed by atoms with Gasteiger partial charge in [-0.15, -0.1) is 0 Å². The first-order valence-corrected chi connectivity index (χ1v) is 11.0. The molecule has 30 heavy (non-hydrogen) atoms. The van der Waals surface area contributed by atoms with E-state index in [2.05, 4.69) is 102 Å². The van der Waals surface area contributed by atoms with E-state index >= 15 is 0 Å². The van der Waals surface area contributed by atoms with E-state index in [1.165, 1.54) is 59.2 Å². The molecule has 1 spiro atoms. The fourth-order valence-corrected chi connectivity index (χ4v) is 5.59. The van der Waals surface area contributed by atoms with Gasteiger partial charge in [-0.1, -0.05) is 85.6 Å². The number of anilines is 2. The number of nitrogens with one attached hydrogen (secondary N) is 1. The van der Waals surface area contributed by atoms with Gasteiger partial charge in [-0.25, -0.2) is 0 Å². The maximum Gasteiger partial charge on any atom is 0.0387 e. The number of benzene rings is 4. The highest BCUT2D eigenvalue weighted by Crippen LogP contribution is 2.57. The molecule has 2 aliphatic rings. The first-order valence-electron chi connectivity index (χ1n) is 11.0. The summed E-state index contributed by atoms with van der Waals surface area (Å²) in [4.78, 5) is 0. The molecule has 0 saturated heterocycles. The quantitative estimate of drug-likeness (QED) is 0.376. The minimum Gasteiger partial charge on any atom is -0.356 e. The van der Waals surface area contributed by atoms with E-state index < -0.39 is 0 Å². The summed E-state index contributed by atoms with van der Waals surface area (Å²) in [5.74, 6) is 0. The van der Waals surface area contributed by atoms with Crippen LogP contribution in [0.25, 0.3) is 22.3 Å². The van der Waals surface area contributed by atoms with Crippen LogP contribution in [-0.2, 0) is 5.41 Å². The van der Waals surface area contributed by atoms with Crippen LogP contribution in [0.4, 0.5) is 11.4 Å². The van der Waals surface area contributed by atoms with E-state index in [1.54, 1.807) is 5.56 Å². The number of rotatable bonds is 3. The van der Waals surface area contributed by atoms with Gasteiger partial charge in [-0.2, -0.15) is 0 Å².